The number of rotatable bonds is 9. The van der Waals surface area contributed by atoms with Crippen LogP contribution in [-0.2, 0) is 11.2 Å². The lowest BCUT2D eigenvalue weighted by molar-refractivity contribution is -0.118. The van der Waals surface area contributed by atoms with Crippen molar-refractivity contribution in [1.29, 1.82) is 0 Å². The third kappa shape index (κ3) is 5.03. The van der Waals surface area contributed by atoms with E-state index in [0.29, 0.717) is 12.0 Å². The van der Waals surface area contributed by atoms with E-state index in [0.717, 1.165) is 12.8 Å². The molecule has 4 heteroatoms. The molecule has 0 bridgehead atoms. The van der Waals surface area contributed by atoms with Gasteiger partial charge in [0.15, 0.2) is 0 Å². The molecule has 3 N–H and O–H groups in total. The highest BCUT2D eigenvalue weighted by Crippen LogP contribution is 2.19. The van der Waals surface area contributed by atoms with Crippen LogP contribution < -0.4 is 5.73 Å². The van der Waals surface area contributed by atoms with E-state index in [9.17, 15) is 9.59 Å². The van der Waals surface area contributed by atoms with Crippen molar-refractivity contribution in [2.45, 2.75) is 51.9 Å². The van der Waals surface area contributed by atoms with Crippen molar-refractivity contribution >= 4 is 17.4 Å². The topological polar surface area (TPSA) is 80.4 Å². The molecule has 0 aliphatic heterocycles. The molecule has 0 saturated carbocycles. The van der Waals surface area contributed by atoms with Gasteiger partial charge in [0.2, 0.25) is 0 Å². The van der Waals surface area contributed by atoms with Gasteiger partial charge in [0.1, 0.15) is 5.78 Å². The molecule has 0 atom stereocenters. The molecular weight excluding hydrogens is 254 g/mol. The van der Waals surface area contributed by atoms with Crippen LogP contribution in [0.25, 0.3) is 0 Å². The lowest BCUT2D eigenvalue weighted by Crippen LogP contribution is -2.09. The van der Waals surface area contributed by atoms with Crippen LogP contribution in [0, 0.1) is 0 Å². The fourth-order valence-corrected chi connectivity index (χ4v) is 2.18. The Bertz CT molecular complexity index is 469. The Morgan fingerprint density at radius 3 is 2.50 bits per heavy atom. The van der Waals surface area contributed by atoms with E-state index >= 15 is 0 Å². The van der Waals surface area contributed by atoms with Gasteiger partial charge in [0.25, 0.3) is 0 Å². The standard InChI is InChI=1S/C16H23NO3/c1-2-3-4-5-6-9-13(18)11-12-8-7-10-14(15(12)17)16(19)20/h7-8,10H,2-6,9,11,17H2,1H3,(H,19,20). The molecule has 4 nitrogen and oxygen atoms in total. The zero-order valence-corrected chi connectivity index (χ0v) is 12.0. The molecule has 110 valence electrons. The van der Waals surface area contributed by atoms with Crippen LogP contribution in [-0.4, -0.2) is 16.9 Å². The summed E-state index contributed by atoms with van der Waals surface area (Å²) in [5.74, 6) is -0.938. The van der Waals surface area contributed by atoms with E-state index in [1.54, 1.807) is 12.1 Å². The zero-order valence-electron chi connectivity index (χ0n) is 12.0. The summed E-state index contributed by atoms with van der Waals surface area (Å²) in [5, 5.41) is 8.98. The fraction of sp³-hybridized carbons (Fsp3) is 0.500. The van der Waals surface area contributed by atoms with E-state index in [1.807, 2.05) is 0 Å². The molecule has 0 spiro atoms. The molecule has 0 amide bonds. The minimum absolute atomic E-state index is 0.0678. The first-order valence-corrected chi connectivity index (χ1v) is 7.18. The van der Waals surface area contributed by atoms with Crippen LogP contribution in [0.1, 0.15) is 61.4 Å². The minimum Gasteiger partial charge on any atom is -0.478 e. The van der Waals surface area contributed by atoms with E-state index in [-0.39, 0.29) is 23.5 Å². The monoisotopic (exact) mass is 277 g/mol. The minimum atomic E-state index is -1.06. The van der Waals surface area contributed by atoms with Crippen molar-refractivity contribution in [3.63, 3.8) is 0 Å². The average molecular weight is 277 g/mol. The highest BCUT2D eigenvalue weighted by Gasteiger charge is 2.13. The largest absolute Gasteiger partial charge is 0.478 e. The van der Waals surface area contributed by atoms with Gasteiger partial charge in [-0.15, -0.1) is 0 Å². The molecule has 0 aliphatic carbocycles. The predicted molar refractivity (Wildman–Crippen MR) is 79.9 cm³/mol. The van der Waals surface area contributed by atoms with Crippen molar-refractivity contribution in [3.8, 4) is 0 Å². The van der Waals surface area contributed by atoms with Gasteiger partial charge in [-0.1, -0.05) is 44.7 Å². The molecule has 1 rings (SSSR count). The van der Waals surface area contributed by atoms with Crippen LogP contribution in [0.5, 0.6) is 0 Å². The number of benzene rings is 1. The molecule has 1 aromatic rings. The molecule has 0 saturated heterocycles. The number of nitrogen functional groups attached to an aromatic ring is 1. The third-order valence-electron chi connectivity index (χ3n) is 3.37. The number of anilines is 1. The Morgan fingerprint density at radius 1 is 1.15 bits per heavy atom. The lowest BCUT2D eigenvalue weighted by atomic mass is 10.00. The number of Topliss-reactive ketones (excluding diaryl/α,β-unsaturated/α-hetero) is 1. The van der Waals surface area contributed by atoms with Gasteiger partial charge in [-0.2, -0.15) is 0 Å². The number of carboxylic acids is 1. The van der Waals surface area contributed by atoms with Crippen LogP contribution in [0.4, 0.5) is 5.69 Å². The third-order valence-corrected chi connectivity index (χ3v) is 3.37. The number of aromatic carboxylic acids is 1. The van der Waals surface area contributed by atoms with Crippen molar-refractivity contribution in [3.05, 3.63) is 29.3 Å². The number of hydrogen-bond acceptors (Lipinski definition) is 3. The summed E-state index contributed by atoms with van der Waals surface area (Å²) in [5.41, 5.74) is 6.68. The first-order chi connectivity index (χ1) is 9.56. The molecule has 0 unspecified atom stereocenters. The van der Waals surface area contributed by atoms with Gasteiger partial charge in [-0.3, -0.25) is 4.79 Å². The smallest absolute Gasteiger partial charge is 0.337 e. The van der Waals surface area contributed by atoms with Gasteiger partial charge in [-0.25, -0.2) is 4.79 Å². The molecule has 0 radical (unpaired) electrons. The zero-order chi connectivity index (χ0) is 15.0. The number of hydrogen-bond donors (Lipinski definition) is 2. The number of ketones is 1. The Morgan fingerprint density at radius 2 is 1.85 bits per heavy atom. The summed E-state index contributed by atoms with van der Waals surface area (Å²) in [6, 6.07) is 4.80. The number of carbonyl (C=O) groups is 2. The van der Waals surface area contributed by atoms with E-state index < -0.39 is 5.97 Å². The van der Waals surface area contributed by atoms with Gasteiger partial charge >= 0.3 is 5.97 Å². The molecule has 0 heterocycles. The molecular formula is C16H23NO3. The number of carboxylic acid groups (broad SMARTS) is 1. The molecule has 0 fully saturated rings. The SMILES string of the molecule is CCCCCCCC(=O)Cc1cccc(C(=O)O)c1N. The van der Waals surface area contributed by atoms with E-state index in [2.05, 4.69) is 6.92 Å². The second-order valence-corrected chi connectivity index (χ2v) is 5.06. The fourth-order valence-electron chi connectivity index (χ4n) is 2.18. The van der Waals surface area contributed by atoms with Crippen LogP contribution in [0.15, 0.2) is 18.2 Å². The number of para-hydroxylation sites is 1. The van der Waals surface area contributed by atoms with E-state index in [4.69, 9.17) is 10.8 Å². The maximum atomic E-state index is 11.9. The molecule has 0 aromatic heterocycles. The maximum Gasteiger partial charge on any atom is 0.337 e. The van der Waals surface area contributed by atoms with Crippen molar-refractivity contribution < 1.29 is 14.7 Å². The second-order valence-electron chi connectivity index (χ2n) is 5.06. The quantitative estimate of drug-likeness (QED) is 0.535. The highest BCUT2D eigenvalue weighted by molar-refractivity contribution is 5.95. The maximum absolute atomic E-state index is 11.9. The van der Waals surface area contributed by atoms with Gasteiger partial charge in [0, 0.05) is 18.5 Å². The first kappa shape index (κ1) is 16.2. The van der Waals surface area contributed by atoms with Crippen molar-refractivity contribution in [2.75, 3.05) is 5.73 Å². The Balaban J connectivity index is 2.50. The Kier molecular flexibility index (Phi) is 6.77. The van der Waals surface area contributed by atoms with Crippen LogP contribution in [0.3, 0.4) is 0 Å². The van der Waals surface area contributed by atoms with Gasteiger partial charge in [0.05, 0.1) is 5.56 Å². The van der Waals surface area contributed by atoms with Crippen molar-refractivity contribution in [2.24, 2.45) is 0 Å². The molecule has 1 aromatic carbocycles. The summed E-state index contributed by atoms with van der Waals surface area (Å²) in [7, 11) is 0. The van der Waals surface area contributed by atoms with Crippen molar-refractivity contribution in [1.82, 2.24) is 0 Å². The highest BCUT2D eigenvalue weighted by atomic mass is 16.4. The number of carbonyl (C=O) groups excluding carboxylic acids is 1. The Hall–Kier alpha value is -1.84. The average Bonchev–Trinajstić information content (AvgIpc) is 2.40. The normalized spacial score (nSPS) is 10.4. The van der Waals surface area contributed by atoms with Gasteiger partial charge < -0.3 is 10.8 Å². The summed E-state index contributed by atoms with van der Waals surface area (Å²) < 4.78 is 0. The molecule has 20 heavy (non-hydrogen) atoms. The van der Waals surface area contributed by atoms with Crippen LogP contribution >= 0.6 is 0 Å². The molecule has 0 aliphatic rings. The summed E-state index contributed by atoms with van der Waals surface area (Å²) in [6.07, 6.45) is 6.30. The Labute approximate surface area is 120 Å². The summed E-state index contributed by atoms with van der Waals surface area (Å²) >= 11 is 0. The number of unbranched alkanes of at least 4 members (excludes halogenated alkanes) is 4. The first-order valence-electron chi connectivity index (χ1n) is 7.18. The van der Waals surface area contributed by atoms with Crippen LogP contribution in [0.2, 0.25) is 0 Å². The lowest BCUT2D eigenvalue weighted by Gasteiger charge is -2.08. The number of nitrogens with two attached hydrogens (primary N) is 1. The summed E-state index contributed by atoms with van der Waals surface area (Å²) in [4.78, 5) is 22.8. The summed E-state index contributed by atoms with van der Waals surface area (Å²) in [6.45, 7) is 2.16. The second kappa shape index (κ2) is 8.35. The predicted octanol–water partition coefficient (Wildman–Crippen LogP) is 3.44. The van der Waals surface area contributed by atoms with E-state index in [1.165, 1.54) is 25.3 Å². The van der Waals surface area contributed by atoms with Gasteiger partial charge in [-0.05, 0) is 18.1 Å².